The van der Waals surface area contributed by atoms with Crippen molar-refractivity contribution < 1.29 is 19.3 Å². The van der Waals surface area contributed by atoms with Crippen molar-refractivity contribution in [3.8, 4) is 11.5 Å². The summed E-state index contributed by atoms with van der Waals surface area (Å²) in [6, 6.07) is 6.24. The standard InChI is InChI=1S/C25H41N3O4/c1-21-5-8-26(9-6-21)13-16-32-23-4-3-22(17-24(23)30-2)18-28-10-7-25(29,20-28)19-27-11-14-31-15-12-27/h3-4,17,21,29H,5-16,18-20H2,1-2H3/t25-/m1/s1. The zero-order valence-electron chi connectivity index (χ0n) is 19.9. The molecule has 1 N–H and O–H groups in total. The van der Waals surface area contributed by atoms with Crippen LogP contribution in [0.5, 0.6) is 11.5 Å². The average Bonchev–Trinajstić information content (AvgIpc) is 3.16. The topological polar surface area (TPSA) is 57.6 Å². The number of hydrogen-bond acceptors (Lipinski definition) is 7. The molecular weight excluding hydrogens is 406 g/mol. The van der Waals surface area contributed by atoms with Crippen LogP contribution in [0.3, 0.4) is 0 Å². The Bertz CT molecular complexity index is 719. The van der Waals surface area contributed by atoms with E-state index in [1.54, 1.807) is 7.11 Å². The second-order valence-electron chi connectivity index (χ2n) is 9.93. The van der Waals surface area contributed by atoms with Gasteiger partial charge in [-0.15, -0.1) is 0 Å². The number of benzene rings is 1. The zero-order chi connectivity index (χ0) is 22.4. The molecule has 32 heavy (non-hydrogen) atoms. The minimum absolute atomic E-state index is 0.628. The molecule has 3 saturated heterocycles. The molecule has 3 aliphatic rings. The molecule has 1 aromatic carbocycles. The highest BCUT2D eigenvalue weighted by Crippen LogP contribution is 2.30. The lowest BCUT2D eigenvalue weighted by atomic mass is 9.99. The second-order valence-corrected chi connectivity index (χ2v) is 9.93. The van der Waals surface area contributed by atoms with Crippen LogP contribution in [0.15, 0.2) is 18.2 Å². The fourth-order valence-electron chi connectivity index (χ4n) is 5.14. The minimum Gasteiger partial charge on any atom is -0.493 e. The van der Waals surface area contributed by atoms with Crippen molar-refractivity contribution in [1.82, 2.24) is 14.7 Å². The summed E-state index contributed by atoms with van der Waals surface area (Å²) in [6.07, 6.45) is 3.39. The van der Waals surface area contributed by atoms with E-state index in [0.29, 0.717) is 13.2 Å². The molecule has 4 rings (SSSR count). The van der Waals surface area contributed by atoms with E-state index in [2.05, 4.69) is 33.8 Å². The fourth-order valence-corrected chi connectivity index (χ4v) is 5.14. The van der Waals surface area contributed by atoms with Crippen LogP contribution in [0.25, 0.3) is 0 Å². The lowest BCUT2D eigenvalue weighted by Gasteiger charge is -2.33. The molecule has 1 aromatic rings. The van der Waals surface area contributed by atoms with Gasteiger partial charge in [-0.05, 0) is 56.0 Å². The molecular formula is C25H41N3O4. The van der Waals surface area contributed by atoms with E-state index in [1.807, 2.05) is 6.07 Å². The molecule has 3 fully saturated rings. The van der Waals surface area contributed by atoms with Gasteiger partial charge >= 0.3 is 0 Å². The predicted molar refractivity (Wildman–Crippen MR) is 125 cm³/mol. The van der Waals surface area contributed by atoms with Gasteiger partial charge in [0.2, 0.25) is 0 Å². The first kappa shape index (κ1) is 23.8. The Labute approximate surface area is 193 Å². The van der Waals surface area contributed by atoms with Crippen LogP contribution >= 0.6 is 0 Å². The van der Waals surface area contributed by atoms with Crippen LogP contribution in [-0.2, 0) is 11.3 Å². The molecule has 0 radical (unpaired) electrons. The third kappa shape index (κ3) is 6.58. The summed E-state index contributed by atoms with van der Waals surface area (Å²) in [5, 5.41) is 11.1. The Balaban J connectivity index is 1.25. The van der Waals surface area contributed by atoms with Crippen LogP contribution in [0.1, 0.15) is 31.7 Å². The zero-order valence-corrected chi connectivity index (χ0v) is 19.9. The number of rotatable bonds is 9. The Morgan fingerprint density at radius 1 is 1.03 bits per heavy atom. The number of morpholine rings is 1. The number of piperidine rings is 1. The molecule has 3 heterocycles. The highest BCUT2D eigenvalue weighted by molar-refractivity contribution is 5.43. The van der Waals surface area contributed by atoms with E-state index in [0.717, 1.165) is 76.3 Å². The van der Waals surface area contributed by atoms with Crippen molar-refractivity contribution >= 4 is 0 Å². The van der Waals surface area contributed by atoms with E-state index >= 15 is 0 Å². The molecule has 0 amide bonds. The third-order valence-corrected chi connectivity index (χ3v) is 7.21. The van der Waals surface area contributed by atoms with Crippen LogP contribution in [-0.4, -0.2) is 105 Å². The van der Waals surface area contributed by atoms with Gasteiger partial charge in [0.15, 0.2) is 11.5 Å². The molecule has 7 nitrogen and oxygen atoms in total. The molecule has 0 aromatic heterocycles. The summed E-state index contributed by atoms with van der Waals surface area (Å²) in [6.45, 7) is 12.9. The highest BCUT2D eigenvalue weighted by Gasteiger charge is 2.37. The fraction of sp³-hybridized carbons (Fsp3) is 0.760. The minimum atomic E-state index is -0.628. The smallest absolute Gasteiger partial charge is 0.161 e. The summed E-state index contributed by atoms with van der Waals surface area (Å²) in [5.41, 5.74) is 0.561. The monoisotopic (exact) mass is 447 g/mol. The van der Waals surface area contributed by atoms with Gasteiger partial charge in [0, 0.05) is 45.8 Å². The third-order valence-electron chi connectivity index (χ3n) is 7.21. The van der Waals surface area contributed by atoms with Gasteiger partial charge in [0.05, 0.1) is 25.9 Å². The van der Waals surface area contributed by atoms with Crippen LogP contribution < -0.4 is 9.47 Å². The summed E-state index contributed by atoms with van der Waals surface area (Å²) >= 11 is 0. The van der Waals surface area contributed by atoms with Gasteiger partial charge in [0.25, 0.3) is 0 Å². The van der Waals surface area contributed by atoms with Crippen molar-refractivity contribution in [3.05, 3.63) is 23.8 Å². The van der Waals surface area contributed by atoms with E-state index in [9.17, 15) is 5.11 Å². The van der Waals surface area contributed by atoms with Gasteiger partial charge in [0.1, 0.15) is 6.61 Å². The highest BCUT2D eigenvalue weighted by atomic mass is 16.5. The summed E-state index contributed by atoms with van der Waals surface area (Å²) < 4.78 is 17.1. The lowest BCUT2D eigenvalue weighted by molar-refractivity contribution is -0.0266. The quantitative estimate of drug-likeness (QED) is 0.622. The number of aliphatic hydroxyl groups is 1. The first-order valence-corrected chi connectivity index (χ1v) is 12.3. The van der Waals surface area contributed by atoms with Gasteiger partial charge in [-0.3, -0.25) is 14.7 Å². The Kier molecular flexibility index (Phi) is 8.29. The van der Waals surface area contributed by atoms with Crippen molar-refractivity contribution in [2.45, 2.75) is 38.3 Å². The van der Waals surface area contributed by atoms with Gasteiger partial charge in [-0.1, -0.05) is 13.0 Å². The van der Waals surface area contributed by atoms with Crippen LogP contribution in [0.2, 0.25) is 0 Å². The average molecular weight is 448 g/mol. The van der Waals surface area contributed by atoms with Crippen LogP contribution in [0, 0.1) is 5.92 Å². The van der Waals surface area contributed by atoms with Crippen molar-refractivity contribution in [2.75, 3.05) is 79.3 Å². The summed E-state index contributed by atoms with van der Waals surface area (Å²) in [4.78, 5) is 7.16. The molecule has 0 spiro atoms. The van der Waals surface area contributed by atoms with Crippen molar-refractivity contribution in [1.29, 1.82) is 0 Å². The maximum atomic E-state index is 11.1. The lowest BCUT2D eigenvalue weighted by Crippen LogP contribution is -2.48. The van der Waals surface area contributed by atoms with E-state index in [4.69, 9.17) is 14.2 Å². The molecule has 0 saturated carbocycles. The Morgan fingerprint density at radius 3 is 2.56 bits per heavy atom. The number of likely N-dealkylation sites (tertiary alicyclic amines) is 2. The first-order valence-electron chi connectivity index (χ1n) is 12.3. The van der Waals surface area contributed by atoms with Crippen molar-refractivity contribution in [3.63, 3.8) is 0 Å². The molecule has 0 unspecified atom stereocenters. The Hall–Kier alpha value is -1.38. The Morgan fingerprint density at radius 2 is 1.81 bits per heavy atom. The molecule has 1 atom stereocenters. The second kappa shape index (κ2) is 11.2. The summed E-state index contributed by atoms with van der Waals surface area (Å²) in [5.74, 6) is 2.45. The number of hydrogen-bond donors (Lipinski definition) is 1. The number of nitrogens with zero attached hydrogens (tertiary/aromatic N) is 3. The van der Waals surface area contributed by atoms with E-state index in [1.165, 1.54) is 31.5 Å². The summed E-state index contributed by atoms with van der Waals surface area (Å²) in [7, 11) is 1.70. The van der Waals surface area contributed by atoms with E-state index < -0.39 is 5.60 Å². The molecule has 3 aliphatic heterocycles. The van der Waals surface area contributed by atoms with Gasteiger partial charge in [-0.25, -0.2) is 0 Å². The maximum Gasteiger partial charge on any atom is 0.161 e. The predicted octanol–water partition coefficient (Wildman–Crippen LogP) is 2.07. The van der Waals surface area contributed by atoms with Crippen LogP contribution in [0.4, 0.5) is 0 Å². The van der Waals surface area contributed by atoms with Crippen molar-refractivity contribution in [2.24, 2.45) is 5.92 Å². The maximum absolute atomic E-state index is 11.1. The molecule has 180 valence electrons. The normalized spacial score (nSPS) is 26.5. The number of ether oxygens (including phenoxy) is 3. The number of β-amino-alcohol motifs (C(OH)–C–C–N with tert-alkyl or cyclic N) is 1. The molecule has 0 aliphatic carbocycles. The SMILES string of the molecule is COc1cc(CN2CC[C@@](O)(CN3CCOCC3)C2)ccc1OCCN1CCC(C)CC1. The van der Waals surface area contributed by atoms with E-state index in [-0.39, 0.29) is 0 Å². The largest absolute Gasteiger partial charge is 0.493 e. The molecule has 7 heteroatoms. The molecule has 0 bridgehead atoms. The number of methoxy groups -OCH3 is 1. The van der Waals surface area contributed by atoms with Gasteiger partial charge < -0.3 is 19.3 Å². The van der Waals surface area contributed by atoms with Gasteiger partial charge in [-0.2, -0.15) is 0 Å². The first-order chi connectivity index (χ1) is 15.5.